The molecule has 104 valence electrons. The molecule has 0 aromatic carbocycles. The van der Waals surface area contributed by atoms with E-state index >= 15 is 0 Å². The fourth-order valence-electron chi connectivity index (χ4n) is 3.36. The number of allylic oxidation sites excluding steroid dienone is 1. The summed E-state index contributed by atoms with van der Waals surface area (Å²) in [5.41, 5.74) is 1.69. The highest BCUT2D eigenvalue weighted by Crippen LogP contribution is 2.22. The summed E-state index contributed by atoms with van der Waals surface area (Å²) >= 11 is 0. The van der Waals surface area contributed by atoms with E-state index in [-0.39, 0.29) is 0 Å². The van der Waals surface area contributed by atoms with Crippen LogP contribution in [0.5, 0.6) is 0 Å². The Kier molecular flexibility index (Phi) is 5.71. The smallest absolute Gasteiger partial charge is 0.00680 e. The summed E-state index contributed by atoms with van der Waals surface area (Å²) < 4.78 is 0. The Morgan fingerprint density at radius 1 is 1.39 bits per heavy atom. The number of likely N-dealkylation sites (tertiary alicyclic amines) is 1. The van der Waals surface area contributed by atoms with Crippen LogP contribution in [-0.4, -0.2) is 37.1 Å². The summed E-state index contributed by atoms with van der Waals surface area (Å²) in [6, 6.07) is 0.700. The lowest BCUT2D eigenvalue weighted by Crippen LogP contribution is -2.42. The van der Waals surface area contributed by atoms with E-state index in [1.807, 2.05) is 0 Å². The van der Waals surface area contributed by atoms with Gasteiger partial charge in [0.1, 0.15) is 0 Å². The number of piperidine rings is 1. The number of nitrogens with one attached hydrogen (secondary N) is 1. The molecule has 0 bridgehead atoms. The van der Waals surface area contributed by atoms with E-state index in [1.54, 1.807) is 5.57 Å². The number of hydrogen-bond acceptors (Lipinski definition) is 2. The molecule has 2 rings (SSSR count). The van der Waals surface area contributed by atoms with Gasteiger partial charge >= 0.3 is 0 Å². The molecule has 1 aliphatic carbocycles. The third kappa shape index (κ3) is 4.10. The molecule has 2 aliphatic rings. The molecule has 0 amide bonds. The standard InChI is InChI=1S/C16H30N2/c1-3-18-12-9-16(10-13-18)14(2)17-11-8-15-6-4-5-7-15/h6,14,16-17H,3-5,7-13H2,1-2H3. The second-order valence-electron chi connectivity index (χ2n) is 6.02. The maximum atomic E-state index is 3.75. The fraction of sp³-hybridized carbons (Fsp3) is 0.875. The Labute approximate surface area is 113 Å². The molecule has 1 atom stereocenters. The maximum absolute atomic E-state index is 3.75. The van der Waals surface area contributed by atoms with Gasteiger partial charge in [-0.1, -0.05) is 18.6 Å². The molecule has 2 nitrogen and oxygen atoms in total. The van der Waals surface area contributed by atoms with Gasteiger partial charge in [0.25, 0.3) is 0 Å². The third-order valence-electron chi connectivity index (χ3n) is 4.83. The molecule has 1 fully saturated rings. The Balaban J connectivity index is 1.61. The van der Waals surface area contributed by atoms with Crippen LogP contribution >= 0.6 is 0 Å². The highest BCUT2D eigenvalue weighted by molar-refractivity contribution is 5.07. The lowest BCUT2D eigenvalue weighted by molar-refractivity contribution is 0.169. The van der Waals surface area contributed by atoms with Crippen LogP contribution in [0.15, 0.2) is 11.6 Å². The van der Waals surface area contributed by atoms with Crippen molar-refractivity contribution in [1.29, 1.82) is 0 Å². The molecular formula is C16H30N2. The van der Waals surface area contributed by atoms with E-state index in [9.17, 15) is 0 Å². The minimum atomic E-state index is 0.700. The first-order valence-electron chi connectivity index (χ1n) is 7.93. The summed E-state index contributed by atoms with van der Waals surface area (Å²) in [5, 5.41) is 3.75. The van der Waals surface area contributed by atoms with Gasteiger partial charge in [0.05, 0.1) is 0 Å². The minimum Gasteiger partial charge on any atom is -0.314 e. The molecular weight excluding hydrogens is 220 g/mol. The first-order chi connectivity index (χ1) is 8.79. The summed E-state index contributed by atoms with van der Waals surface area (Å²) in [6.45, 7) is 9.67. The van der Waals surface area contributed by atoms with Gasteiger partial charge in [0.2, 0.25) is 0 Å². The van der Waals surface area contributed by atoms with Crippen LogP contribution in [-0.2, 0) is 0 Å². The lowest BCUT2D eigenvalue weighted by Gasteiger charge is -2.34. The zero-order valence-corrected chi connectivity index (χ0v) is 12.3. The van der Waals surface area contributed by atoms with Crippen LogP contribution in [0, 0.1) is 5.92 Å². The van der Waals surface area contributed by atoms with Crippen molar-refractivity contribution in [3.05, 3.63) is 11.6 Å². The van der Waals surface area contributed by atoms with Crippen molar-refractivity contribution in [2.45, 2.75) is 58.4 Å². The van der Waals surface area contributed by atoms with E-state index < -0.39 is 0 Å². The molecule has 18 heavy (non-hydrogen) atoms. The molecule has 1 N–H and O–H groups in total. The fourth-order valence-corrected chi connectivity index (χ4v) is 3.36. The second-order valence-corrected chi connectivity index (χ2v) is 6.02. The zero-order chi connectivity index (χ0) is 12.8. The van der Waals surface area contributed by atoms with Crippen LogP contribution in [0.2, 0.25) is 0 Å². The predicted octanol–water partition coefficient (Wildman–Crippen LogP) is 3.20. The molecule has 1 heterocycles. The number of rotatable bonds is 6. The summed E-state index contributed by atoms with van der Waals surface area (Å²) in [7, 11) is 0. The average molecular weight is 250 g/mol. The monoisotopic (exact) mass is 250 g/mol. The van der Waals surface area contributed by atoms with Crippen molar-refractivity contribution in [3.8, 4) is 0 Å². The second kappa shape index (κ2) is 7.30. The molecule has 0 radical (unpaired) electrons. The number of hydrogen-bond donors (Lipinski definition) is 1. The zero-order valence-electron chi connectivity index (χ0n) is 12.3. The van der Waals surface area contributed by atoms with Gasteiger partial charge in [-0.25, -0.2) is 0 Å². The van der Waals surface area contributed by atoms with Crippen LogP contribution in [0.1, 0.15) is 52.4 Å². The van der Waals surface area contributed by atoms with Crippen LogP contribution in [0.3, 0.4) is 0 Å². The first kappa shape index (κ1) is 14.1. The van der Waals surface area contributed by atoms with Crippen molar-refractivity contribution in [3.63, 3.8) is 0 Å². The van der Waals surface area contributed by atoms with Gasteiger partial charge in [-0.3, -0.25) is 0 Å². The Morgan fingerprint density at radius 3 is 2.78 bits per heavy atom. The van der Waals surface area contributed by atoms with Gasteiger partial charge in [-0.15, -0.1) is 0 Å². The van der Waals surface area contributed by atoms with Crippen molar-refractivity contribution < 1.29 is 0 Å². The van der Waals surface area contributed by atoms with E-state index in [1.165, 1.54) is 64.7 Å². The molecule has 0 aromatic rings. The summed E-state index contributed by atoms with van der Waals surface area (Å²) in [4.78, 5) is 2.58. The van der Waals surface area contributed by atoms with Crippen molar-refractivity contribution in [2.75, 3.05) is 26.2 Å². The van der Waals surface area contributed by atoms with Crippen LogP contribution < -0.4 is 5.32 Å². The van der Waals surface area contributed by atoms with Gasteiger partial charge < -0.3 is 10.2 Å². The quantitative estimate of drug-likeness (QED) is 0.728. The lowest BCUT2D eigenvalue weighted by atomic mass is 9.90. The SMILES string of the molecule is CCN1CCC(C(C)NCCC2=CCCC2)CC1. The first-order valence-corrected chi connectivity index (χ1v) is 7.93. The molecule has 1 saturated heterocycles. The predicted molar refractivity (Wildman–Crippen MR) is 78.9 cm³/mol. The third-order valence-corrected chi connectivity index (χ3v) is 4.83. The normalized spacial score (nSPS) is 24.2. The number of nitrogens with zero attached hydrogens (tertiary/aromatic N) is 1. The van der Waals surface area contributed by atoms with Gasteiger partial charge in [0.15, 0.2) is 0 Å². The van der Waals surface area contributed by atoms with E-state index in [0.29, 0.717) is 6.04 Å². The molecule has 1 aliphatic heterocycles. The highest BCUT2D eigenvalue weighted by atomic mass is 15.1. The van der Waals surface area contributed by atoms with E-state index in [2.05, 4.69) is 30.1 Å². The van der Waals surface area contributed by atoms with E-state index in [0.717, 1.165) is 5.92 Å². The molecule has 0 saturated carbocycles. The average Bonchev–Trinajstić information content (AvgIpc) is 2.92. The van der Waals surface area contributed by atoms with Gasteiger partial charge in [0, 0.05) is 6.04 Å². The molecule has 0 aromatic heterocycles. The summed E-state index contributed by atoms with van der Waals surface area (Å²) in [5.74, 6) is 0.894. The largest absolute Gasteiger partial charge is 0.314 e. The molecule has 2 heteroatoms. The Morgan fingerprint density at radius 2 is 2.17 bits per heavy atom. The van der Waals surface area contributed by atoms with E-state index in [4.69, 9.17) is 0 Å². The molecule has 1 unspecified atom stereocenters. The topological polar surface area (TPSA) is 15.3 Å². The maximum Gasteiger partial charge on any atom is 0.00680 e. The van der Waals surface area contributed by atoms with Gasteiger partial charge in [-0.2, -0.15) is 0 Å². The van der Waals surface area contributed by atoms with Crippen molar-refractivity contribution in [2.24, 2.45) is 5.92 Å². The Bertz CT molecular complexity index is 264. The van der Waals surface area contributed by atoms with Crippen molar-refractivity contribution >= 4 is 0 Å². The Hall–Kier alpha value is -0.340. The highest BCUT2D eigenvalue weighted by Gasteiger charge is 2.22. The minimum absolute atomic E-state index is 0.700. The van der Waals surface area contributed by atoms with Crippen LogP contribution in [0.4, 0.5) is 0 Å². The van der Waals surface area contributed by atoms with Gasteiger partial charge in [-0.05, 0) is 77.5 Å². The molecule has 0 spiro atoms. The van der Waals surface area contributed by atoms with Crippen molar-refractivity contribution in [1.82, 2.24) is 10.2 Å². The summed E-state index contributed by atoms with van der Waals surface area (Å²) in [6.07, 6.45) is 10.5. The van der Waals surface area contributed by atoms with Crippen LogP contribution in [0.25, 0.3) is 0 Å².